The number of nitriles is 2. The maximum Gasteiger partial charge on any atom is 0.177 e. The normalized spacial score (nSPS) is 23.8. The third-order valence-electron chi connectivity index (χ3n) is 6.18. The molecule has 5 heteroatoms. The summed E-state index contributed by atoms with van der Waals surface area (Å²) in [6, 6.07) is 19.0. The summed E-state index contributed by atoms with van der Waals surface area (Å²) in [6.07, 6.45) is 3.86. The minimum atomic E-state index is -1.40. The minimum Gasteiger partial charge on any atom is -0.357 e. The van der Waals surface area contributed by atoms with Crippen LogP contribution in [0.3, 0.4) is 0 Å². The standard InChI is InChI=1S/C25H22BrN3O/c1-24(2,3)23(30)21-20(17-8-10-18(26)11-9-17)25(14-27,15-28)22-19-7-5-4-6-16(19)12-13-29(21)22/h4-13,20-22H,1-3H3/t20-,21+,22+/m1/s1. The summed E-state index contributed by atoms with van der Waals surface area (Å²) in [5.41, 5.74) is 0.695. The number of carbonyl (C=O) groups is 1. The molecule has 0 saturated carbocycles. The zero-order valence-electron chi connectivity index (χ0n) is 17.1. The van der Waals surface area contributed by atoms with E-state index in [1.807, 2.05) is 86.5 Å². The molecule has 2 aliphatic heterocycles. The van der Waals surface area contributed by atoms with Crippen LogP contribution in [-0.2, 0) is 4.79 Å². The number of nitrogens with zero attached hydrogens (tertiary/aromatic N) is 3. The first-order chi connectivity index (χ1) is 14.2. The maximum atomic E-state index is 13.7. The van der Waals surface area contributed by atoms with Crippen LogP contribution < -0.4 is 0 Å². The summed E-state index contributed by atoms with van der Waals surface area (Å²) in [5, 5.41) is 20.9. The summed E-state index contributed by atoms with van der Waals surface area (Å²) in [4.78, 5) is 15.7. The van der Waals surface area contributed by atoms with Crippen LogP contribution >= 0.6 is 15.9 Å². The number of hydrogen-bond donors (Lipinski definition) is 0. The molecule has 0 unspecified atom stereocenters. The Kier molecular flexibility index (Phi) is 4.83. The van der Waals surface area contributed by atoms with Gasteiger partial charge in [0.2, 0.25) is 0 Å². The monoisotopic (exact) mass is 459 g/mol. The van der Waals surface area contributed by atoms with Crippen LogP contribution in [-0.4, -0.2) is 16.7 Å². The third-order valence-corrected chi connectivity index (χ3v) is 6.71. The Bertz CT molecular complexity index is 1100. The van der Waals surface area contributed by atoms with Crippen LogP contribution in [0.5, 0.6) is 0 Å². The van der Waals surface area contributed by atoms with Gasteiger partial charge in [-0.05, 0) is 34.9 Å². The number of rotatable bonds is 2. The number of benzene rings is 2. The van der Waals surface area contributed by atoms with E-state index < -0.39 is 28.8 Å². The molecule has 4 rings (SSSR count). The molecular weight excluding hydrogens is 438 g/mol. The van der Waals surface area contributed by atoms with Gasteiger partial charge in [0.15, 0.2) is 11.2 Å². The lowest BCUT2D eigenvalue weighted by Crippen LogP contribution is -2.43. The fourth-order valence-corrected chi connectivity index (χ4v) is 5.05. The Balaban J connectivity index is 2.02. The van der Waals surface area contributed by atoms with Gasteiger partial charge in [-0.15, -0.1) is 0 Å². The average Bonchev–Trinajstić information content (AvgIpc) is 3.04. The van der Waals surface area contributed by atoms with Crippen molar-refractivity contribution in [2.24, 2.45) is 10.8 Å². The van der Waals surface area contributed by atoms with Gasteiger partial charge in [0.25, 0.3) is 0 Å². The molecule has 3 atom stereocenters. The van der Waals surface area contributed by atoms with Crippen LogP contribution in [0.2, 0.25) is 0 Å². The SMILES string of the molecule is CC(C)(C)C(=O)[C@@H]1[C@@H](c2ccc(Br)cc2)C(C#N)(C#N)[C@@H]2c3ccccc3C=CN12. The lowest BCUT2D eigenvalue weighted by Gasteiger charge is -2.36. The molecule has 0 aromatic heterocycles. The Hall–Kier alpha value is -2.89. The smallest absolute Gasteiger partial charge is 0.177 e. The summed E-state index contributed by atoms with van der Waals surface area (Å²) < 4.78 is 0.908. The van der Waals surface area contributed by atoms with Gasteiger partial charge in [-0.25, -0.2) is 0 Å². The number of Topliss-reactive ketones (excluding diaryl/α,β-unsaturated/α-hetero) is 1. The predicted octanol–water partition coefficient (Wildman–Crippen LogP) is 5.59. The fraction of sp³-hybridized carbons (Fsp3) is 0.320. The molecule has 150 valence electrons. The number of hydrogen-bond acceptors (Lipinski definition) is 4. The van der Waals surface area contributed by atoms with Crippen LogP contribution in [0.15, 0.2) is 59.2 Å². The van der Waals surface area contributed by atoms with E-state index in [4.69, 9.17) is 0 Å². The van der Waals surface area contributed by atoms with E-state index in [2.05, 4.69) is 28.1 Å². The van der Waals surface area contributed by atoms with Crippen molar-refractivity contribution in [1.29, 1.82) is 10.5 Å². The van der Waals surface area contributed by atoms with Gasteiger partial charge < -0.3 is 4.90 Å². The van der Waals surface area contributed by atoms with Crippen LogP contribution in [0.4, 0.5) is 0 Å². The molecule has 0 spiro atoms. The first-order valence-corrected chi connectivity index (χ1v) is 10.7. The van der Waals surface area contributed by atoms with E-state index in [0.717, 1.165) is 21.2 Å². The van der Waals surface area contributed by atoms with Gasteiger partial charge in [0, 0.05) is 22.0 Å². The Morgan fingerprint density at radius 1 is 1.07 bits per heavy atom. The molecule has 0 bridgehead atoms. The topological polar surface area (TPSA) is 67.9 Å². The molecule has 0 aliphatic carbocycles. The molecule has 30 heavy (non-hydrogen) atoms. The summed E-state index contributed by atoms with van der Waals surface area (Å²) in [5.74, 6) is -0.551. The number of carbonyl (C=O) groups excluding carboxylic acids is 1. The second-order valence-electron chi connectivity index (χ2n) is 8.98. The fourth-order valence-electron chi connectivity index (χ4n) is 4.78. The summed E-state index contributed by atoms with van der Waals surface area (Å²) in [7, 11) is 0. The first-order valence-electron chi connectivity index (χ1n) is 9.91. The van der Waals surface area contributed by atoms with Gasteiger partial charge in [0.05, 0.1) is 24.2 Å². The Morgan fingerprint density at radius 3 is 2.30 bits per heavy atom. The molecule has 2 aromatic carbocycles. The quantitative estimate of drug-likeness (QED) is 0.586. The second-order valence-corrected chi connectivity index (χ2v) is 9.89. The molecular formula is C25H22BrN3O. The molecule has 2 heterocycles. The molecule has 4 nitrogen and oxygen atoms in total. The largest absolute Gasteiger partial charge is 0.357 e. The average molecular weight is 460 g/mol. The van der Waals surface area contributed by atoms with Crippen molar-refractivity contribution in [3.05, 3.63) is 75.9 Å². The minimum absolute atomic E-state index is 0.0248. The number of halogens is 1. The highest BCUT2D eigenvalue weighted by molar-refractivity contribution is 9.10. The van der Waals surface area contributed by atoms with Crippen molar-refractivity contribution >= 4 is 27.8 Å². The van der Waals surface area contributed by atoms with E-state index in [-0.39, 0.29) is 5.78 Å². The second kappa shape index (κ2) is 7.11. The van der Waals surface area contributed by atoms with E-state index in [1.54, 1.807) is 0 Å². The van der Waals surface area contributed by atoms with Crippen LogP contribution in [0.25, 0.3) is 6.08 Å². The summed E-state index contributed by atoms with van der Waals surface area (Å²) >= 11 is 3.46. The molecule has 0 N–H and O–H groups in total. The highest BCUT2D eigenvalue weighted by Gasteiger charge is 2.64. The van der Waals surface area contributed by atoms with Gasteiger partial charge >= 0.3 is 0 Å². The lowest BCUT2D eigenvalue weighted by molar-refractivity contribution is -0.130. The van der Waals surface area contributed by atoms with Gasteiger partial charge in [-0.2, -0.15) is 10.5 Å². The zero-order valence-corrected chi connectivity index (χ0v) is 18.7. The Morgan fingerprint density at radius 2 is 1.70 bits per heavy atom. The first kappa shape index (κ1) is 20.4. The van der Waals surface area contributed by atoms with E-state index in [1.165, 1.54) is 0 Å². The van der Waals surface area contributed by atoms with E-state index in [0.29, 0.717) is 0 Å². The molecule has 2 aromatic rings. The van der Waals surface area contributed by atoms with Crippen molar-refractivity contribution < 1.29 is 4.79 Å². The summed E-state index contributed by atoms with van der Waals surface area (Å²) in [6.45, 7) is 5.68. The molecule has 2 aliphatic rings. The van der Waals surface area contributed by atoms with Crippen molar-refractivity contribution in [2.75, 3.05) is 0 Å². The van der Waals surface area contributed by atoms with Gasteiger partial charge in [-0.1, -0.05) is 73.1 Å². The van der Waals surface area contributed by atoms with E-state index >= 15 is 0 Å². The van der Waals surface area contributed by atoms with Crippen LogP contribution in [0.1, 0.15) is 49.4 Å². The number of ketones is 1. The van der Waals surface area contributed by atoms with Gasteiger partial charge in [0.1, 0.15) is 0 Å². The maximum absolute atomic E-state index is 13.7. The third kappa shape index (κ3) is 2.89. The lowest BCUT2D eigenvalue weighted by atomic mass is 9.66. The van der Waals surface area contributed by atoms with Crippen molar-refractivity contribution in [1.82, 2.24) is 4.90 Å². The van der Waals surface area contributed by atoms with Crippen molar-refractivity contribution in [2.45, 2.75) is 38.8 Å². The molecule has 1 fully saturated rings. The highest BCUT2D eigenvalue weighted by Crippen LogP contribution is 2.60. The molecule has 1 saturated heterocycles. The predicted molar refractivity (Wildman–Crippen MR) is 119 cm³/mol. The molecule has 0 radical (unpaired) electrons. The zero-order chi connectivity index (χ0) is 21.7. The van der Waals surface area contributed by atoms with Crippen molar-refractivity contribution in [3.63, 3.8) is 0 Å². The number of fused-ring (bicyclic) bond motifs is 3. The van der Waals surface area contributed by atoms with Crippen molar-refractivity contribution in [3.8, 4) is 12.1 Å². The highest BCUT2D eigenvalue weighted by atomic mass is 79.9. The Labute approximate surface area is 185 Å². The molecule has 0 amide bonds. The van der Waals surface area contributed by atoms with Gasteiger partial charge in [-0.3, -0.25) is 4.79 Å². The van der Waals surface area contributed by atoms with E-state index in [9.17, 15) is 15.3 Å². The van der Waals surface area contributed by atoms with Crippen LogP contribution in [0, 0.1) is 33.5 Å².